The SMILES string of the molecule is Cc1ccc(CC(=O)c2cc(OC3CN(S(=O)(=O)C(C)C)C3)cc(C)n2)nc1. The maximum Gasteiger partial charge on any atom is 0.216 e. The number of ketones is 1. The number of sulfonamides is 1. The van der Waals surface area contributed by atoms with Gasteiger partial charge in [-0.3, -0.25) is 9.78 Å². The van der Waals surface area contributed by atoms with Crippen LogP contribution in [0.2, 0.25) is 0 Å². The molecular weight excluding hydrogens is 378 g/mol. The summed E-state index contributed by atoms with van der Waals surface area (Å²) >= 11 is 0. The Morgan fingerprint density at radius 3 is 2.57 bits per heavy atom. The summed E-state index contributed by atoms with van der Waals surface area (Å²) < 4.78 is 31.5. The molecule has 150 valence electrons. The highest BCUT2D eigenvalue weighted by atomic mass is 32.2. The first kappa shape index (κ1) is 20.4. The molecule has 8 heteroatoms. The molecule has 1 aliphatic heterocycles. The Morgan fingerprint density at radius 1 is 1.25 bits per heavy atom. The number of hydrogen-bond donors (Lipinski definition) is 0. The molecule has 0 aromatic carbocycles. The predicted molar refractivity (Wildman–Crippen MR) is 106 cm³/mol. The van der Waals surface area contributed by atoms with Crippen LogP contribution < -0.4 is 4.74 Å². The van der Waals surface area contributed by atoms with Gasteiger partial charge in [-0.2, -0.15) is 4.31 Å². The molecule has 1 saturated heterocycles. The second kappa shape index (κ2) is 7.97. The molecule has 0 N–H and O–H groups in total. The van der Waals surface area contributed by atoms with Crippen molar-refractivity contribution in [1.29, 1.82) is 0 Å². The number of nitrogens with zero attached hydrogens (tertiary/aromatic N) is 3. The molecule has 0 aliphatic carbocycles. The topological polar surface area (TPSA) is 89.5 Å². The molecule has 3 heterocycles. The second-order valence-electron chi connectivity index (χ2n) is 7.41. The lowest BCUT2D eigenvalue weighted by molar-refractivity contribution is 0.0753. The molecule has 0 bridgehead atoms. The van der Waals surface area contributed by atoms with Gasteiger partial charge in [0, 0.05) is 29.7 Å². The smallest absolute Gasteiger partial charge is 0.216 e. The van der Waals surface area contributed by atoms with Crippen LogP contribution in [-0.4, -0.2) is 52.9 Å². The van der Waals surface area contributed by atoms with E-state index in [1.54, 1.807) is 39.1 Å². The molecule has 0 spiro atoms. The average molecular weight is 404 g/mol. The quantitative estimate of drug-likeness (QED) is 0.659. The highest BCUT2D eigenvalue weighted by Crippen LogP contribution is 2.24. The van der Waals surface area contributed by atoms with E-state index < -0.39 is 15.3 Å². The molecule has 0 unspecified atom stereocenters. The van der Waals surface area contributed by atoms with Crippen LogP contribution in [0.4, 0.5) is 0 Å². The van der Waals surface area contributed by atoms with Crippen molar-refractivity contribution in [1.82, 2.24) is 14.3 Å². The largest absolute Gasteiger partial charge is 0.488 e. The number of Topliss-reactive ketones (excluding diaryl/α,β-unsaturated/α-hetero) is 1. The van der Waals surface area contributed by atoms with Crippen molar-refractivity contribution in [3.8, 4) is 5.75 Å². The maximum absolute atomic E-state index is 12.6. The fourth-order valence-electron chi connectivity index (χ4n) is 2.88. The Balaban J connectivity index is 1.65. The Bertz CT molecular complexity index is 965. The van der Waals surface area contributed by atoms with Crippen LogP contribution >= 0.6 is 0 Å². The number of carbonyl (C=O) groups excluding carboxylic acids is 1. The zero-order valence-electron chi connectivity index (χ0n) is 16.5. The first-order valence-electron chi connectivity index (χ1n) is 9.24. The van der Waals surface area contributed by atoms with E-state index >= 15 is 0 Å². The lowest BCUT2D eigenvalue weighted by atomic mass is 10.1. The van der Waals surface area contributed by atoms with E-state index in [2.05, 4.69) is 9.97 Å². The Labute approximate surface area is 165 Å². The number of rotatable bonds is 7. The Morgan fingerprint density at radius 2 is 1.96 bits per heavy atom. The van der Waals surface area contributed by atoms with Gasteiger partial charge in [-0.25, -0.2) is 13.4 Å². The first-order valence-corrected chi connectivity index (χ1v) is 10.7. The summed E-state index contributed by atoms with van der Waals surface area (Å²) in [5.41, 5.74) is 2.72. The molecule has 2 aromatic heterocycles. The molecule has 0 amide bonds. The van der Waals surface area contributed by atoms with Crippen molar-refractivity contribution in [2.45, 2.75) is 45.5 Å². The first-order chi connectivity index (χ1) is 13.1. The van der Waals surface area contributed by atoms with E-state index in [1.165, 1.54) is 4.31 Å². The highest BCUT2D eigenvalue weighted by molar-refractivity contribution is 7.89. The molecule has 7 nitrogen and oxygen atoms in total. The van der Waals surface area contributed by atoms with Gasteiger partial charge in [0.25, 0.3) is 0 Å². The average Bonchev–Trinajstić information content (AvgIpc) is 2.59. The van der Waals surface area contributed by atoms with Crippen LogP contribution in [0, 0.1) is 13.8 Å². The van der Waals surface area contributed by atoms with E-state index in [0.717, 1.165) is 5.56 Å². The minimum atomic E-state index is -3.25. The normalized spacial score (nSPS) is 15.5. The van der Waals surface area contributed by atoms with Gasteiger partial charge in [-0.05, 0) is 39.3 Å². The number of hydrogen-bond acceptors (Lipinski definition) is 6. The summed E-state index contributed by atoms with van der Waals surface area (Å²) in [5, 5.41) is -0.448. The van der Waals surface area contributed by atoms with Crippen molar-refractivity contribution in [2.24, 2.45) is 0 Å². The van der Waals surface area contributed by atoms with Crippen molar-refractivity contribution in [3.63, 3.8) is 0 Å². The van der Waals surface area contributed by atoms with Gasteiger partial charge in [-0.1, -0.05) is 6.07 Å². The lowest BCUT2D eigenvalue weighted by Crippen LogP contribution is -2.57. The molecule has 3 rings (SSSR count). The fraction of sp³-hybridized carbons (Fsp3) is 0.450. The minimum Gasteiger partial charge on any atom is -0.488 e. The summed E-state index contributed by atoms with van der Waals surface area (Å²) in [4.78, 5) is 21.2. The summed E-state index contributed by atoms with van der Waals surface area (Å²) in [7, 11) is -3.25. The molecule has 1 aliphatic rings. The summed E-state index contributed by atoms with van der Waals surface area (Å²) in [6, 6.07) is 7.11. The van der Waals surface area contributed by atoms with E-state index in [4.69, 9.17) is 4.74 Å². The molecule has 0 radical (unpaired) electrons. The highest BCUT2D eigenvalue weighted by Gasteiger charge is 2.38. The van der Waals surface area contributed by atoms with E-state index in [-0.39, 0.29) is 18.3 Å². The number of carbonyl (C=O) groups is 1. The van der Waals surface area contributed by atoms with Gasteiger partial charge < -0.3 is 4.74 Å². The number of ether oxygens (including phenoxy) is 1. The number of aryl methyl sites for hydroxylation is 2. The molecule has 0 saturated carbocycles. The monoisotopic (exact) mass is 403 g/mol. The van der Waals surface area contributed by atoms with E-state index in [0.29, 0.717) is 35.9 Å². The maximum atomic E-state index is 12.6. The molecule has 1 fully saturated rings. The summed E-state index contributed by atoms with van der Waals surface area (Å²) in [6.45, 7) is 7.70. The van der Waals surface area contributed by atoms with Gasteiger partial charge in [0.1, 0.15) is 17.5 Å². The summed E-state index contributed by atoms with van der Waals surface area (Å²) in [6.07, 6.45) is 1.67. The number of aromatic nitrogens is 2. The van der Waals surface area contributed by atoms with E-state index in [9.17, 15) is 13.2 Å². The van der Waals surface area contributed by atoms with Gasteiger partial charge in [0.2, 0.25) is 10.0 Å². The van der Waals surface area contributed by atoms with Crippen LogP contribution in [0.1, 0.15) is 41.3 Å². The van der Waals surface area contributed by atoms with Crippen LogP contribution in [-0.2, 0) is 16.4 Å². The zero-order valence-corrected chi connectivity index (χ0v) is 17.4. The summed E-state index contributed by atoms with van der Waals surface area (Å²) in [5.74, 6) is 0.391. The van der Waals surface area contributed by atoms with Gasteiger partial charge in [-0.15, -0.1) is 0 Å². The van der Waals surface area contributed by atoms with Crippen LogP contribution in [0.5, 0.6) is 5.75 Å². The number of pyridine rings is 2. The van der Waals surface area contributed by atoms with Crippen molar-refractivity contribution >= 4 is 15.8 Å². The van der Waals surface area contributed by atoms with Gasteiger partial charge >= 0.3 is 0 Å². The lowest BCUT2D eigenvalue weighted by Gasteiger charge is -2.38. The van der Waals surface area contributed by atoms with Crippen molar-refractivity contribution in [2.75, 3.05) is 13.1 Å². The predicted octanol–water partition coefficient (Wildman–Crippen LogP) is 2.32. The third-order valence-electron chi connectivity index (χ3n) is 4.60. The second-order valence-corrected chi connectivity index (χ2v) is 9.90. The van der Waals surface area contributed by atoms with Crippen LogP contribution in [0.25, 0.3) is 0 Å². The van der Waals surface area contributed by atoms with Gasteiger partial charge in [0.05, 0.1) is 24.8 Å². The van der Waals surface area contributed by atoms with Gasteiger partial charge in [0.15, 0.2) is 5.78 Å². The molecule has 28 heavy (non-hydrogen) atoms. The third kappa shape index (κ3) is 4.56. The molecule has 2 aromatic rings. The standard InChI is InChI=1S/C20H25N3O4S/c1-13(2)28(25,26)23-11-18(12-23)27-17-7-15(4)22-19(9-17)20(24)8-16-6-5-14(3)10-21-16/h5-7,9-10,13,18H,8,11-12H2,1-4H3. The fourth-order valence-corrected chi connectivity index (χ4v) is 4.22. The molecule has 0 atom stereocenters. The Hall–Kier alpha value is -2.32. The van der Waals surface area contributed by atoms with Crippen LogP contribution in [0.15, 0.2) is 30.5 Å². The third-order valence-corrected chi connectivity index (χ3v) is 6.81. The van der Waals surface area contributed by atoms with Crippen molar-refractivity contribution in [3.05, 3.63) is 53.1 Å². The van der Waals surface area contributed by atoms with E-state index in [1.807, 2.05) is 19.1 Å². The minimum absolute atomic E-state index is 0.137. The molecular formula is C20H25N3O4S. The zero-order chi connectivity index (χ0) is 20.5. The Kier molecular flexibility index (Phi) is 5.81. The van der Waals surface area contributed by atoms with Crippen LogP contribution in [0.3, 0.4) is 0 Å². The van der Waals surface area contributed by atoms with Crippen molar-refractivity contribution < 1.29 is 17.9 Å².